The number of benzene rings is 2. The minimum absolute atomic E-state index is 0.00407. The summed E-state index contributed by atoms with van der Waals surface area (Å²) in [4.78, 5) is 41.7. The monoisotopic (exact) mass is 563 g/mol. The van der Waals surface area contributed by atoms with Crippen LogP contribution in [0.1, 0.15) is 64.1 Å². The largest absolute Gasteiger partial charge is 0.508 e. The zero-order valence-electron chi connectivity index (χ0n) is 22.6. The van der Waals surface area contributed by atoms with Crippen molar-refractivity contribution in [3.8, 4) is 5.75 Å². The van der Waals surface area contributed by atoms with Gasteiger partial charge in [-0.15, -0.1) is 0 Å². The molecule has 38 heavy (non-hydrogen) atoms. The molecule has 0 spiro atoms. The summed E-state index contributed by atoms with van der Waals surface area (Å²) in [6, 6.07) is 9.27. The van der Waals surface area contributed by atoms with Gasteiger partial charge in [-0.3, -0.25) is 9.59 Å². The summed E-state index contributed by atoms with van der Waals surface area (Å²) in [7, 11) is 0. The van der Waals surface area contributed by atoms with Crippen LogP contribution in [0.3, 0.4) is 0 Å². The lowest BCUT2D eigenvalue weighted by atomic mass is 10.0. The van der Waals surface area contributed by atoms with Gasteiger partial charge in [0.25, 0.3) is 5.91 Å². The van der Waals surface area contributed by atoms with Crippen LogP contribution in [0.25, 0.3) is 0 Å². The lowest BCUT2D eigenvalue weighted by Gasteiger charge is -2.34. The van der Waals surface area contributed by atoms with Gasteiger partial charge < -0.3 is 25.4 Å². The molecule has 2 aromatic carbocycles. The van der Waals surface area contributed by atoms with E-state index in [9.17, 15) is 19.5 Å². The van der Waals surface area contributed by atoms with E-state index in [0.717, 1.165) is 18.4 Å². The number of halogens is 1. The predicted octanol–water partition coefficient (Wildman–Crippen LogP) is 5.88. The molecule has 0 aliphatic rings. The second-order valence-corrected chi connectivity index (χ2v) is 10.8. The number of amides is 3. The van der Waals surface area contributed by atoms with E-state index < -0.39 is 35.6 Å². The van der Waals surface area contributed by atoms with Gasteiger partial charge in [0, 0.05) is 12.3 Å². The van der Waals surface area contributed by atoms with Crippen molar-refractivity contribution in [3.05, 3.63) is 58.6 Å². The smallest absolute Gasteiger partial charge is 0.408 e. The van der Waals surface area contributed by atoms with Crippen LogP contribution in [0.15, 0.2) is 42.5 Å². The number of ether oxygens (including phenoxy) is 1. The van der Waals surface area contributed by atoms with Crippen molar-refractivity contribution in [3.63, 3.8) is 0 Å². The van der Waals surface area contributed by atoms with Crippen LogP contribution in [0.2, 0.25) is 5.02 Å². The molecule has 0 aliphatic carbocycles. The average molecular weight is 564 g/mol. The Bertz CT molecular complexity index is 1080. The quantitative estimate of drug-likeness (QED) is 0.202. The molecular weight excluding hydrogens is 526 g/mol. The molecule has 0 saturated heterocycles. The van der Waals surface area contributed by atoms with Gasteiger partial charge in [-0.2, -0.15) is 12.6 Å². The molecule has 0 bridgehead atoms. The maximum atomic E-state index is 13.9. The molecule has 2 rings (SSSR count). The van der Waals surface area contributed by atoms with Crippen LogP contribution in [0.4, 0.5) is 10.5 Å². The molecular formula is C28H38ClN3O5S. The third kappa shape index (κ3) is 9.13. The number of nitrogens with one attached hydrogen (secondary N) is 2. The Morgan fingerprint density at radius 2 is 1.76 bits per heavy atom. The molecule has 0 fully saturated rings. The van der Waals surface area contributed by atoms with Gasteiger partial charge in [0.1, 0.15) is 23.4 Å². The van der Waals surface area contributed by atoms with Crippen molar-refractivity contribution >= 4 is 47.8 Å². The highest BCUT2D eigenvalue weighted by atomic mass is 35.5. The first-order valence-electron chi connectivity index (χ1n) is 12.6. The number of hydrogen-bond acceptors (Lipinski definition) is 6. The van der Waals surface area contributed by atoms with Gasteiger partial charge in [-0.05, 0) is 63.4 Å². The van der Waals surface area contributed by atoms with Crippen molar-refractivity contribution in [1.82, 2.24) is 10.2 Å². The van der Waals surface area contributed by atoms with Crippen molar-refractivity contribution in [2.75, 3.05) is 17.6 Å². The number of aryl methyl sites for hydroxylation is 1. The molecule has 0 radical (unpaired) electrons. The molecule has 0 aromatic heterocycles. The standard InChI is InChI=1S/C28H38ClN3O5S/c1-6-7-8-16-32(26(35)22(17-38)30-27(36)37-28(3,4)5)24(19-12-14-20(33)15-13-19)25(34)31-23-18(2)10-9-11-21(23)29/h9-15,22,24,33,38H,6-8,16-17H2,1-5H3,(H,30,36)(H,31,34). The highest BCUT2D eigenvalue weighted by Gasteiger charge is 2.36. The molecule has 0 saturated carbocycles. The second-order valence-electron chi connectivity index (χ2n) is 10.0. The number of alkyl carbamates (subject to hydrolysis) is 1. The Morgan fingerprint density at radius 3 is 2.32 bits per heavy atom. The molecule has 2 aromatic rings. The van der Waals surface area contributed by atoms with Crippen molar-refractivity contribution in [2.24, 2.45) is 0 Å². The number of phenols is 1. The first kappa shape index (κ1) is 31.3. The Morgan fingerprint density at radius 1 is 1.11 bits per heavy atom. The number of unbranched alkanes of at least 4 members (excludes halogenated alkanes) is 2. The molecule has 3 amide bonds. The lowest BCUT2D eigenvalue weighted by molar-refractivity contribution is -0.140. The number of phenolic OH excluding ortho intramolecular Hbond substituents is 1. The predicted molar refractivity (Wildman–Crippen MR) is 154 cm³/mol. The molecule has 0 heterocycles. The summed E-state index contributed by atoms with van der Waals surface area (Å²) in [6.07, 6.45) is 1.63. The summed E-state index contributed by atoms with van der Waals surface area (Å²) in [5.41, 5.74) is 0.946. The molecule has 8 nitrogen and oxygen atoms in total. The fourth-order valence-electron chi connectivity index (χ4n) is 3.85. The summed E-state index contributed by atoms with van der Waals surface area (Å²) in [5, 5.41) is 15.7. The van der Waals surface area contributed by atoms with E-state index in [1.165, 1.54) is 17.0 Å². The van der Waals surface area contributed by atoms with Gasteiger partial charge in [-0.1, -0.05) is 55.6 Å². The van der Waals surface area contributed by atoms with E-state index in [0.29, 0.717) is 22.7 Å². The average Bonchev–Trinajstić information content (AvgIpc) is 2.84. The molecule has 3 N–H and O–H groups in total. The Hall–Kier alpha value is -2.91. The number of nitrogens with zero attached hydrogens (tertiary/aromatic N) is 1. The van der Waals surface area contributed by atoms with Crippen LogP contribution in [0.5, 0.6) is 5.75 Å². The minimum atomic E-state index is -1.07. The number of thiol groups is 1. The van der Waals surface area contributed by atoms with Crippen molar-refractivity contribution in [1.29, 1.82) is 0 Å². The zero-order chi connectivity index (χ0) is 28.5. The van der Waals surface area contributed by atoms with Crippen molar-refractivity contribution < 1.29 is 24.2 Å². The minimum Gasteiger partial charge on any atom is -0.508 e. The summed E-state index contributed by atoms with van der Waals surface area (Å²) >= 11 is 10.7. The van der Waals surface area contributed by atoms with Crippen LogP contribution in [0, 0.1) is 6.92 Å². The van der Waals surface area contributed by atoms with Crippen LogP contribution in [-0.4, -0.2) is 51.9 Å². The van der Waals surface area contributed by atoms with E-state index in [4.69, 9.17) is 16.3 Å². The maximum absolute atomic E-state index is 13.9. The van der Waals surface area contributed by atoms with E-state index in [2.05, 4.69) is 23.3 Å². The van der Waals surface area contributed by atoms with Gasteiger partial charge >= 0.3 is 6.09 Å². The van der Waals surface area contributed by atoms with Gasteiger partial charge in [-0.25, -0.2) is 4.79 Å². The fourth-order valence-corrected chi connectivity index (χ4v) is 4.36. The number of carbonyl (C=O) groups excluding carboxylic acids is 3. The highest BCUT2D eigenvalue weighted by molar-refractivity contribution is 7.80. The van der Waals surface area contributed by atoms with E-state index in [1.807, 2.05) is 19.9 Å². The first-order valence-corrected chi connectivity index (χ1v) is 13.6. The molecule has 2 unspecified atom stereocenters. The third-order valence-corrected chi connectivity index (χ3v) is 6.38. The SMILES string of the molecule is CCCCCN(C(=O)C(CS)NC(=O)OC(C)(C)C)C(C(=O)Nc1c(C)cccc1Cl)c1ccc(O)cc1. The fraction of sp³-hybridized carbons (Fsp3) is 0.464. The van der Waals surface area contributed by atoms with Crippen molar-refractivity contribution in [2.45, 2.75) is 71.6 Å². The first-order chi connectivity index (χ1) is 17.9. The molecule has 10 heteroatoms. The number of anilines is 1. The molecule has 208 valence electrons. The zero-order valence-corrected chi connectivity index (χ0v) is 24.2. The number of aromatic hydroxyl groups is 1. The highest BCUT2D eigenvalue weighted by Crippen LogP contribution is 2.30. The Labute approximate surface area is 235 Å². The Kier molecular flexibility index (Phi) is 11.8. The summed E-state index contributed by atoms with van der Waals surface area (Å²) in [5.74, 6) is -0.938. The van der Waals surface area contributed by atoms with Gasteiger partial charge in [0.2, 0.25) is 5.91 Å². The Balaban J connectivity index is 2.50. The number of para-hydroxylation sites is 1. The maximum Gasteiger partial charge on any atom is 0.408 e. The van der Waals surface area contributed by atoms with Gasteiger partial charge in [0.05, 0.1) is 10.7 Å². The third-order valence-electron chi connectivity index (χ3n) is 5.70. The number of carbonyl (C=O) groups is 3. The van der Waals surface area contributed by atoms with E-state index >= 15 is 0 Å². The summed E-state index contributed by atoms with van der Waals surface area (Å²) < 4.78 is 5.33. The van der Waals surface area contributed by atoms with Crippen LogP contribution in [-0.2, 0) is 14.3 Å². The number of hydrogen-bond donors (Lipinski definition) is 4. The lowest BCUT2D eigenvalue weighted by Crippen LogP contribution is -2.53. The second kappa shape index (κ2) is 14.3. The normalized spacial score (nSPS) is 12.8. The number of rotatable bonds is 11. The summed E-state index contributed by atoms with van der Waals surface area (Å²) in [6.45, 7) is 9.29. The topological polar surface area (TPSA) is 108 Å². The van der Waals surface area contributed by atoms with Gasteiger partial charge in [0.15, 0.2) is 0 Å². The molecule has 2 atom stereocenters. The molecule has 0 aliphatic heterocycles. The van der Waals surface area contributed by atoms with Crippen LogP contribution >= 0.6 is 24.2 Å². The van der Waals surface area contributed by atoms with E-state index in [1.54, 1.807) is 45.0 Å². The van der Waals surface area contributed by atoms with E-state index in [-0.39, 0.29) is 18.0 Å². The van der Waals surface area contributed by atoms with Crippen LogP contribution < -0.4 is 10.6 Å².